The quantitative estimate of drug-likeness (QED) is 0.407. The summed E-state index contributed by atoms with van der Waals surface area (Å²) in [5.74, 6) is -0.952. The minimum Gasteiger partial charge on any atom is -0.297 e. The van der Waals surface area contributed by atoms with E-state index in [9.17, 15) is 14.4 Å². The van der Waals surface area contributed by atoms with Gasteiger partial charge in [0.1, 0.15) is 11.4 Å². The Labute approximate surface area is 226 Å². The number of aromatic nitrogens is 2. The third-order valence-electron chi connectivity index (χ3n) is 8.70. The van der Waals surface area contributed by atoms with E-state index in [0.29, 0.717) is 46.9 Å². The fraction of sp³-hybridized carbons (Fsp3) is 0.312. The first-order chi connectivity index (χ1) is 18.9. The van der Waals surface area contributed by atoms with Crippen LogP contribution in [-0.2, 0) is 21.5 Å². The molecule has 196 valence electrons. The molecule has 1 spiro atoms. The number of imide groups is 1. The van der Waals surface area contributed by atoms with Crippen LogP contribution in [0.2, 0.25) is 0 Å². The van der Waals surface area contributed by atoms with Crippen molar-refractivity contribution in [3.8, 4) is 5.69 Å². The van der Waals surface area contributed by atoms with Crippen molar-refractivity contribution in [3.63, 3.8) is 0 Å². The predicted octanol–water partition coefficient (Wildman–Crippen LogP) is 4.33. The van der Waals surface area contributed by atoms with Gasteiger partial charge < -0.3 is 0 Å². The number of carbonyl (C=O) groups excluding carboxylic acids is 2. The van der Waals surface area contributed by atoms with E-state index in [2.05, 4.69) is 19.2 Å². The van der Waals surface area contributed by atoms with Crippen LogP contribution < -0.4 is 15.8 Å². The SMILES string of the molecule is CCc1ccccc1N1C(=O)[C@H]2C(CC(C)C)NC3(c4ccccc4-n4c3nc3ccccc3c4=O)[C@H]2C1=O. The fourth-order valence-electron chi connectivity index (χ4n) is 7.19. The molecule has 0 aliphatic carbocycles. The van der Waals surface area contributed by atoms with E-state index in [0.717, 1.165) is 11.1 Å². The van der Waals surface area contributed by atoms with Crippen LogP contribution in [-0.4, -0.2) is 27.4 Å². The zero-order valence-electron chi connectivity index (χ0n) is 22.2. The monoisotopic (exact) mass is 518 g/mol. The first-order valence-electron chi connectivity index (χ1n) is 13.7. The molecular formula is C32H30N4O3. The van der Waals surface area contributed by atoms with Gasteiger partial charge in [-0.3, -0.25) is 24.3 Å². The Morgan fingerprint density at radius 2 is 1.59 bits per heavy atom. The molecule has 4 aromatic rings. The standard InChI is InChI=1S/C32H30N4O3/c1-4-19-11-5-9-15-24(19)35-29(38)26-23(17-18(2)3)34-32(27(26)30(35)39)21-13-7-10-16-25(21)36-28(37)20-12-6-8-14-22(20)33-31(32)36/h5-16,18,23,26-27,34H,4,17H2,1-3H3/t23?,26-,27+,32?/m0/s1. The topological polar surface area (TPSA) is 84.3 Å². The van der Waals surface area contributed by atoms with Gasteiger partial charge in [0, 0.05) is 11.6 Å². The van der Waals surface area contributed by atoms with Crippen molar-refractivity contribution in [1.29, 1.82) is 0 Å². The van der Waals surface area contributed by atoms with Crippen LogP contribution in [0.25, 0.3) is 16.6 Å². The van der Waals surface area contributed by atoms with Crippen molar-refractivity contribution in [2.75, 3.05) is 4.90 Å². The molecule has 7 heteroatoms. The van der Waals surface area contributed by atoms with Crippen molar-refractivity contribution in [2.45, 2.75) is 45.2 Å². The van der Waals surface area contributed by atoms with Crippen LogP contribution in [0.1, 0.15) is 44.1 Å². The number of anilines is 1. The summed E-state index contributed by atoms with van der Waals surface area (Å²) in [6.07, 6.45) is 1.42. The number of hydrogen-bond donors (Lipinski definition) is 1. The lowest BCUT2D eigenvalue weighted by molar-refractivity contribution is -0.123. The molecule has 7 nitrogen and oxygen atoms in total. The van der Waals surface area contributed by atoms with Crippen LogP contribution in [0, 0.1) is 17.8 Å². The molecule has 0 saturated carbocycles. The van der Waals surface area contributed by atoms with E-state index in [4.69, 9.17) is 4.98 Å². The Kier molecular flexibility index (Phi) is 5.19. The molecule has 1 N–H and O–H groups in total. The van der Waals surface area contributed by atoms with Crippen molar-refractivity contribution in [3.05, 3.63) is 100 Å². The Hall–Kier alpha value is -4.10. The lowest BCUT2D eigenvalue weighted by atomic mass is 9.75. The van der Waals surface area contributed by atoms with Crippen LogP contribution in [0.15, 0.2) is 77.6 Å². The predicted molar refractivity (Wildman–Crippen MR) is 150 cm³/mol. The van der Waals surface area contributed by atoms with Crippen LogP contribution in [0.5, 0.6) is 0 Å². The van der Waals surface area contributed by atoms with Crippen molar-refractivity contribution < 1.29 is 9.59 Å². The molecule has 3 aliphatic rings. The molecule has 0 bridgehead atoms. The second kappa shape index (κ2) is 8.45. The summed E-state index contributed by atoms with van der Waals surface area (Å²) in [7, 11) is 0. The summed E-state index contributed by atoms with van der Waals surface area (Å²) >= 11 is 0. The summed E-state index contributed by atoms with van der Waals surface area (Å²) in [6, 6.07) is 22.4. The summed E-state index contributed by atoms with van der Waals surface area (Å²) in [5.41, 5.74) is 2.43. The van der Waals surface area contributed by atoms with E-state index in [-0.39, 0.29) is 23.4 Å². The van der Waals surface area contributed by atoms with Gasteiger partial charge in [0.2, 0.25) is 11.8 Å². The lowest BCUT2D eigenvalue weighted by Crippen LogP contribution is -2.50. The third kappa shape index (κ3) is 3.08. The highest BCUT2D eigenvalue weighted by atomic mass is 16.2. The summed E-state index contributed by atoms with van der Waals surface area (Å²) in [4.78, 5) is 49.2. The van der Waals surface area contributed by atoms with Gasteiger partial charge in [-0.15, -0.1) is 0 Å². The van der Waals surface area contributed by atoms with E-state index >= 15 is 0 Å². The highest BCUT2D eigenvalue weighted by Gasteiger charge is 2.69. The Morgan fingerprint density at radius 3 is 2.36 bits per heavy atom. The van der Waals surface area contributed by atoms with Gasteiger partial charge in [-0.05, 0) is 48.6 Å². The maximum absolute atomic E-state index is 14.6. The zero-order chi connectivity index (χ0) is 27.1. The number of para-hydroxylation sites is 3. The normalized spacial score (nSPS) is 25.1. The lowest BCUT2D eigenvalue weighted by Gasteiger charge is -2.32. The second-order valence-electron chi connectivity index (χ2n) is 11.3. The molecule has 1 aromatic heterocycles. The van der Waals surface area contributed by atoms with Gasteiger partial charge in [0.25, 0.3) is 5.56 Å². The molecular weight excluding hydrogens is 488 g/mol. The Morgan fingerprint density at radius 1 is 0.897 bits per heavy atom. The number of aryl methyl sites for hydroxylation is 1. The van der Waals surface area contributed by atoms with Crippen LogP contribution in [0.4, 0.5) is 5.69 Å². The molecule has 7 rings (SSSR count). The second-order valence-corrected chi connectivity index (χ2v) is 11.3. The molecule has 39 heavy (non-hydrogen) atoms. The average molecular weight is 519 g/mol. The smallest absolute Gasteiger partial charge is 0.266 e. The molecule has 2 unspecified atom stereocenters. The molecule has 3 aromatic carbocycles. The molecule has 0 radical (unpaired) electrons. The summed E-state index contributed by atoms with van der Waals surface area (Å²) in [6.45, 7) is 6.28. The highest BCUT2D eigenvalue weighted by Crippen LogP contribution is 2.56. The average Bonchev–Trinajstić information content (AvgIpc) is 3.51. The molecule has 2 fully saturated rings. The van der Waals surface area contributed by atoms with Crippen molar-refractivity contribution >= 4 is 28.4 Å². The number of hydrogen-bond acceptors (Lipinski definition) is 5. The zero-order valence-corrected chi connectivity index (χ0v) is 22.2. The van der Waals surface area contributed by atoms with Gasteiger partial charge in [0.05, 0.1) is 34.1 Å². The third-order valence-corrected chi connectivity index (χ3v) is 8.70. The number of nitrogens with zero attached hydrogens (tertiary/aromatic N) is 3. The number of amides is 2. The largest absolute Gasteiger partial charge is 0.297 e. The van der Waals surface area contributed by atoms with Gasteiger partial charge in [-0.2, -0.15) is 0 Å². The van der Waals surface area contributed by atoms with E-state index in [1.54, 1.807) is 10.6 Å². The highest BCUT2D eigenvalue weighted by molar-refractivity contribution is 6.23. The van der Waals surface area contributed by atoms with Gasteiger partial charge in [-0.25, -0.2) is 9.88 Å². The first-order valence-corrected chi connectivity index (χ1v) is 13.7. The number of benzene rings is 3. The number of carbonyl (C=O) groups is 2. The van der Waals surface area contributed by atoms with E-state index < -0.39 is 17.4 Å². The Bertz CT molecular complexity index is 1740. The minimum absolute atomic E-state index is 0.171. The van der Waals surface area contributed by atoms with Gasteiger partial charge in [-0.1, -0.05) is 69.3 Å². The van der Waals surface area contributed by atoms with E-state index in [1.807, 2.05) is 73.7 Å². The molecule has 4 heterocycles. The van der Waals surface area contributed by atoms with Crippen molar-refractivity contribution in [2.24, 2.45) is 17.8 Å². The summed E-state index contributed by atoms with van der Waals surface area (Å²) < 4.78 is 1.65. The number of nitrogens with one attached hydrogen (secondary N) is 1. The van der Waals surface area contributed by atoms with E-state index in [1.165, 1.54) is 4.90 Å². The van der Waals surface area contributed by atoms with Crippen LogP contribution >= 0.6 is 0 Å². The van der Waals surface area contributed by atoms with Crippen LogP contribution in [0.3, 0.4) is 0 Å². The van der Waals surface area contributed by atoms with Gasteiger partial charge >= 0.3 is 0 Å². The molecule has 2 saturated heterocycles. The molecule has 4 atom stereocenters. The van der Waals surface area contributed by atoms with Gasteiger partial charge in [0.15, 0.2) is 0 Å². The molecule has 3 aliphatic heterocycles. The maximum atomic E-state index is 14.6. The maximum Gasteiger partial charge on any atom is 0.266 e. The van der Waals surface area contributed by atoms with Crippen molar-refractivity contribution in [1.82, 2.24) is 14.9 Å². The minimum atomic E-state index is -1.10. The number of fused-ring (bicyclic) bond motifs is 8. The summed E-state index contributed by atoms with van der Waals surface area (Å²) in [5, 5.41) is 4.30. The molecule has 2 amide bonds. The fourth-order valence-corrected chi connectivity index (χ4v) is 7.19. The Balaban J connectivity index is 1.52. The first kappa shape index (κ1) is 24.0. The number of rotatable bonds is 4.